The Balaban J connectivity index is 1.18. The molecule has 3 saturated heterocycles. The minimum absolute atomic E-state index is 0.00886. The van der Waals surface area contributed by atoms with E-state index in [9.17, 15) is 71.5 Å². The first kappa shape index (κ1) is 39.9. The van der Waals surface area contributed by atoms with Crippen LogP contribution >= 0.6 is 0 Å². The number of fused-ring (bicyclic) bond motifs is 1. The van der Waals surface area contributed by atoms with Gasteiger partial charge in [0.15, 0.2) is 24.1 Å². The number of hydrogen-bond donors (Lipinski definition) is 14. The molecule has 0 aliphatic carbocycles. The Morgan fingerprint density at radius 3 is 1.61 bits per heavy atom. The predicted molar refractivity (Wildman–Crippen MR) is 172 cm³/mol. The van der Waals surface area contributed by atoms with Crippen molar-refractivity contribution in [1.29, 1.82) is 0 Å². The fourth-order valence-corrected chi connectivity index (χ4v) is 6.19. The maximum Gasteiger partial charge on any atom is 0.402 e. The fraction of sp³-hybridized carbons (Fsp3) is 0.545. The van der Waals surface area contributed by atoms with Crippen LogP contribution in [-0.4, -0.2) is 183 Å². The number of phenolic OH excluding ortho intramolecular Hbond substituents is 4. The highest BCUT2D eigenvalue weighted by molar-refractivity contribution is 5.88. The Hall–Kier alpha value is -3.75. The molecule has 3 aliphatic heterocycles. The standard InChI is InChI=1S/C33H40O21/c34-7-18-21(39)24(42)27(45)31(52-18)48-8-19-22(40)25(43)28(46)32(53-19)49-9-20-23(41)26(44)29(47)33(54-20)51-17-6-12-14(37)4-11(35)5-16(12)50-30(17)10-1-2-13(36)15(38)3-10/h1-6,18-29,31-34,39-47H,7-9H2,(H3-,35,36,37,38)/p+1/t18-,19-,20-,21-,22-,23-,24+,25+,26+,27-,28-,29-,31-,32-,33-/m1/s1. The van der Waals surface area contributed by atoms with E-state index in [0.29, 0.717) is 0 Å². The second kappa shape index (κ2) is 16.2. The van der Waals surface area contributed by atoms with Crippen molar-refractivity contribution in [3.05, 3.63) is 36.4 Å². The highest BCUT2D eigenvalue weighted by Crippen LogP contribution is 2.42. The van der Waals surface area contributed by atoms with Crippen LogP contribution in [0.3, 0.4) is 0 Å². The molecule has 0 amide bonds. The van der Waals surface area contributed by atoms with E-state index in [1.54, 1.807) is 0 Å². The molecule has 3 aliphatic rings. The minimum Gasteiger partial charge on any atom is -0.507 e. The van der Waals surface area contributed by atoms with E-state index >= 15 is 0 Å². The zero-order chi connectivity index (χ0) is 39.2. The van der Waals surface area contributed by atoms with Crippen molar-refractivity contribution < 1.29 is 104 Å². The molecule has 3 fully saturated rings. The van der Waals surface area contributed by atoms with E-state index in [1.165, 1.54) is 18.2 Å². The van der Waals surface area contributed by atoms with Crippen LogP contribution in [0.5, 0.6) is 28.7 Å². The molecule has 15 atom stereocenters. The Bertz CT molecular complexity index is 1760. The van der Waals surface area contributed by atoms with E-state index in [1.807, 2.05) is 0 Å². The van der Waals surface area contributed by atoms with Gasteiger partial charge in [-0.2, -0.15) is 0 Å². The summed E-state index contributed by atoms with van der Waals surface area (Å²) in [7, 11) is 0. The molecule has 54 heavy (non-hydrogen) atoms. The molecule has 21 nitrogen and oxygen atoms in total. The van der Waals surface area contributed by atoms with Gasteiger partial charge in [0.05, 0.1) is 31.5 Å². The molecular formula is C33H41O21+. The molecule has 0 radical (unpaired) electrons. The number of phenols is 4. The molecule has 3 aromatic rings. The number of rotatable bonds is 10. The summed E-state index contributed by atoms with van der Waals surface area (Å²) in [6.45, 7) is -2.10. The first-order chi connectivity index (χ1) is 25.6. The average molecular weight is 774 g/mol. The Kier molecular flexibility index (Phi) is 11.9. The summed E-state index contributed by atoms with van der Waals surface area (Å²) in [5.74, 6) is -2.25. The smallest absolute Gasteiger partial charge is 0.402 e. The van der Waals surface area contributed by atoms with Gasteiger partial charge in [0, 0.05) is 18.2 Å². The van der Waals surface area contributed by atoms with Gasteiger partial charge in [-0.3, -0.25) is 0 Å². The fourth-order valence-electron chi connectivity index (χ4n) is 6.19. The predicted octanol–water partition coefficient (Wildman–Crippen LogP) is -3.97. The summed E-state index contributed by atoms with van der Waals surface area (Å²) in [6.07, 6.45) is -26.0. The molecule has 0 bridgehead atoms. The van der Waals surface area contributed by atoms with Gasteiger partial charge in [0.2, 0.25) is 12.0 Å². The van der Waals surface area contributed by atoms with Gasteiger partial charge in [-0.25, -0.2) is 4.42 Å². The molecule has 0 spiro atoms. The van der Waals surface area contributed by atoms with Gasteiger partial charge < -0.3 is 99.9 Å². The van der Waals surface area contributed by atoms with Gasteiger partial charge in [0.25, 0.3) is 0 Å². The van der Waals surface area contributed by atoms with Crippen molar-refractivity contribution in [2.75, 3.05) is 19.8 Å². The first-order valence-corrected chi connectivity index (χ1v) is 16.5. The van der Waals surface area contributed by atoms with Gasteiger partial charge in [0.1, 0.15) is 90.1 Å². The van der Waals surface area contributed by atoms with E-state index in [2.05, 4.69) is 0 Å². The molecule has 4 heterocycles. The SMILES string of the molecule is OC[C@H]1O[C@@H](OC[C@H]2O[C@@H](OC[C@H]3O[C@@H](Oc4cc5c(O)cc(O)cc5[o+]c4-c4ccc(O)c(O)c4)[C@H](O)[C@@H](O)[C@@H]3O)[C@H](O)[C@@H](O)[C@@H]2O)[C@H](O)[C@@H](O)[C@@H]1O. The molecule has 0 saturated carbocycles. The van der Waals surface area contributed by atoms with Crippen molar-refractivity contribution in [3.63, 3.8) is 0 Å². The maximum atomic E-state index is 10.8. The van der Waals surface area contributed by atoms with E-state index < -0.39 is 129 Å². The van der Waals surface area contributed by atoms with E-state index in [0.717, 1.165) is 18.2 Å². The van der Waals surface area contributed by atoms with Gasteiger partial charge in [-0.1, -0.05) is 0 Å². The zero-order valence-electron chi connectivity index (χ0n) is 27.9. The molecule has 0 unspecified atom stereocenters. The topological polar surface area (TPSA) is 350 Å². The number of hydrogen-bond acceptors (Lipinski definition) is 20. The lowest BCUT2D eigenvalue weighted by atomic mass is 9.98. The molecular weight excluding hydrogens is 732 g/mol. The van der Waals surface area contributed by atoms with Crippen LogP contribution < -0.4 is 4.74 Å². The summed E-state index contributed by atoms with van der Waals surface area (Å²) in [5, 5.41) is 144. The van der Waals surface area contributed by atoms with Crippen LogP contribution in [-0.2, 0) is 23.7 Å². The molecule has 6 rings (SSSR count). The quantitative estimate of drug-likeness (QED) is 0.0690. The summed E-state index contributed by atoms with van der Waals surface area (Å²) < 4.78 is 39.3. The summed E-state index contributed by atoms with van der Waals surface area (Å²) in [6, 6.07) is 6.98. The lowest BCUT2D eigenvalue weighted by Crippen LogP contribution is -2.63. The van der Waals surface area contributed by atoms with Gasteiger partial charge in [-0.15, -0.1) is 0 Å². The Labute approximate surface area is 303 Å². The molecule has 14 N–H and O–H groups in total. The second-order valence-corrected chi connectivity index (χ2v) is 13.0. The Morgan fingerprint density at radius 1 is 0.537 bits per heavy atom. The third-order valence-electron chi connectivity index (χ3n) is 9.33. The number of aliphatic hydroxyl groups excluding tert-OH is 10. The number of aliphatic hydroxyl groups is 10. The highest BCUT2D eigenvalue weighted by atomic mass is 16.7. The number of benzene rings is 2. The highest BCUT2D eigenvalue weighted by Gasteiger charge is 2.50. The normalized spacial score (nSPS) is 37.3. The largest absolute Gasteiger partial charge is 0.507 e. The van der Waals surface area contributed by atoms with Crippen molar-refractivity contribution >= 4 is 11.0 Å². The lowest BCUT2D eigenvalue weighted by Gasteiger charge is -2.43. The Morgan fingerprint density at radius 2 is 1.06 bits per heavy atom. The lowest BCUT2D eigenvalue weighted by molar-refractivity contribution is -0.339. The van der Waals surface area contributed by atoms with E-state index in [4.69, 9.17) is 32.8 Å². The third kappa shape index (κ3) is 7.84. The summed E-state index contributed by atoms with van der Waals surface area (Å²) >= 11 is 0. The van der Waals surface area contributed by atoms with E-state index in [-0.39, 0.29) is 33.8 Å². The van der Waals surface area contributed by atoms with Crippen LogP contribution in [0.15, 0.2) is 40.8 Å². The third-order valence-corrected chi connectivity index (χ3v) is 9.33. The maximum absolute atomic E-state index is 10.8. The van der Waals surface area contributed by atoms with Crippen LogP contribution in [0.25, 0.3) is 22.3 Å². The van der Waals surface area contributed by atoms with Crippen molar-refractivity contribution in [2.24, 2.45) is 0 Å². The van der Waals surface area contributed by atoms with Gasteiger partial charge in [-0.05, 0) is 12.1 Å². The molecule has 2 aromatic carbocycles. The van der Waals surface area contributed by atoms with Crippen molar-refractivity contribution in [1.82, 2.24) is 0 Å². The first-order valence-electron chi connectivity index (χ1n) is 16.5. The van der Waals surface area contributed by atoms with Crippen LogP contribution in [0, 0.1) is 0 Å². The summed E-state index contributed by atoms with van der Waals surface area (Å²) in [4.78, 5) is 0. The van der Waals surface area contributed by atoms with Gasteiger partial charge >= 0.3 is 11.3 Å². The number of ether oxygens (including phenoxy) is 6. The van der Waals surface area contributed by atoms with Crippen LogP contribution in [0.4, 0.5) is 0 Å². The van der Waals surface area contributed by atoms with Crippen LogP contribution in [0.1, 0.15) is 0 Å². The molecule has 1 aromatic heterocycles. The van der Waals surface area contributed by atoms with Crippen molar-refractivity contribution in [3.8, 4) is 40.1 Å². The monoisotopic (exact) mass is 773 g/mol. The second-order valence-electron chi connectivity index (χ2n) is 13.0. The molecule has 298 valence electrons. The van der Waals surface area contributed by atoms with Crippen LogP contribution in [0.2, 0.25) is 0 Å². The summed E-state index contributed by atoms with van der Waals surface area (Å²) in [5.41, 5.74) is 0.0505. The minimum atomic E-state index is -1.94. The molecule has 21 heteroatoms. The number of aromatic hydroxyl groups is 4. The average Bonchev–Trinajstić information content (AvgIpc) is 3.14. The van der Waals surface area contributed by atoms with Crippen molar-refractivity contribution in [2.45, 2.75) is 92.1 Å². The zero-order valence-corrected chi connectivity index (χ0v) is 27.9.